The molecule has 336 valence electrons. The Labute approximate surface area is 384 Å². The fourth-order valence-corrected chi connectivity index (χ4v) is 7.37. The highest BCUT2D eigenvalue weighted by atomic mass is 31.0. The Morgan fingerprint density at radius 2 is 1.17 bits per heavy atom. The van der Waals surface area contributed by atoms with E-state index in [1.54, 1.807) is 82.3 Å². The van der Waals surface area contributed by atoms with E-state index >= 15 is 0 Å². The third-order valence-corrected chi connectivity index (χ3v) is 10.1. The van der Waals surface area contributed by atoms with Crippen LogP contribution in [0.4, 0.5) is 11.6 Å². The zero-order chi connectivity index (χ0) is 48.8. The fourth-order valence-electron chi connectivity index (χ4n) is 7.37. The van der Waals surface area contributed by atoms with Crippen LogP contribution in [0.3, 0.4) is 0 Å². The Bertz CT molecular complexity index is 3140. The lowest BCUT2D eigenvalue weighted by atomic mass is 9.94. The first-order chi connectivity index (χ1) is 31.4. The number of hydrogen-bond acceptors (Lipinski definition) is 12. The van der Waals surface area contributed by atoms with Crippen molar-refractivity contribution in [2.24, 2.45) is 0 Å². The van der Waals surface area contributed by atoms with E-state index in [-0.39, 0.29) is 59.1 Å². The number of nitrogens with two attached hydrogens (primary N) is 2. The molecule has 0 fully saturated rings. The maximum atomic E-state index is 13.7. The second kappa shape index (κ2) is 23.3. The van der Waals surface area contributed by atoms with Crippen molar-refractivity contribution < 1.29 is 9.59 Å². The first-order valence-corrected chi connectivity index (χ1v) is 21.3. The third-order valence-electron chi connectivity index (χ3n) is 10.1. The number of pyridine rings is 2. The number of carbonyl (C=O) groups is 2. The molecule has 0 saturated carbocycles. The minimum absolute atomic E-state index is 0.0324. The molecule has 0 spiro atoms. The summed E-state index contributed by atoms with van der Waals surface area (Å²) >= 11 is 0. The van der Waals surface area contributed by atoms with Crippen molar-refractivity contribution >= 4 is 46.0 Å². The minimum atomic E-state index is -0.685. The van der Waals surface area contributed by atoms with Gasteiger partial charge in [-0.1, -0.05) is 45.4 Å². The van der Waals surface area contributed by atoms with Crippen LogP contribution in [0, 0.1) is 36.5 Å². The first kappa shape index (κ1) is 50.9. The average molecular weight is 905 g/mol. The summed E-state index contributed by atoms with van der Waals surface area (Å²) in [5.41, 5.74) is 14.8. The molecule has 6 rings (SSSR count). The molecule has 18 heteroatoms. The molecule has 1 atom stereocenters. The number of nitrogens with one attached hydrogen (secondary N) is 2. The standard InChI is InChI=1S/C24H25N5O3.C24H23N5O3.BH2P/c2*1-14(2)20-21(22(30)18-10-15(3)9-16(11-18)5-4-7-25)29(24(32)28-23(20)31)13-17-6-8-27-19(26)12-17;1-2/h6,8-12,14H,4-5,13H2,1-3H3,(H2,26,27)(H,28,31,32);4-6,8-12,14H,13H2,1-3H3,(H2,26,27)(H,28,31,32);2H2/b;5-4+;. The Kier molecular flexibility index (Phi) is 17.9. The van der Waals surface area contributed by atoms with Gasteiger partial charge in [0.15, 0.2) is 0 Å². The number of benzene rings is 2. The molecule has 6 N–H and O–H groups in total. The van der Waals surface area contributed by atoms with Gasteiger partial charge in [-0.05, 0) is 115 Å². The maximum absolute atomic E-state index is 13.7. The largest absolute Gasteiger partial charge is 0.384 e. The molecule has 1 unspecified atom stereocenters. The number of aromatic amines is 2. The zero-order valence-electron chi connectivity index (χ0n) is 37.5. The molecule has 2 aromatic carbocycles. The van der Waals surface area contributed by atoms with Crippen LogP contribution in [0.5, 0.6) is 0 Å². The molecule has 16 nitrogen and oxygen atoms in total. The summed E-state index contributed by atoms with van der Waals surface area (Å²) in [4.78, 5) is 90.9. The fraction of sp³-hybridized carbons (Fsp3) is 0.250. The first-order valence-electron chi connectivity index (χ1n) is 20.6. The van der Waals surface area contributed by atoms with Gasteiger partial charge in [0.05, 0.1) is 32.8 Å². The number of nitriles is 2. The minimum Gasteiger partial charge on any atom is -0.384 e. The second-order valence-electron chi connectivity index (χ2n) is 15.8. The van der Waals surface area contributed by atoms with Gasteiger partial charge in [0, 0.05) is 47.1 Å². The molecule has 66 heavy (non-hydrogen) atoms. The SMILES string of the molecule is Cc1cc(/C=C/C#N)cc(C(=O)c2c(C(C)C)c(=O)[nH]c(=O)n2Cc2ccnc(N)c2)c1.Cc1cc(CCC#N)cc(C(=O)c2c(C(C)C)c(=O)[nH]c(=O)n2Cc2ccnc(N)c2)c1.[B]P. The molecule has 0 bridgehead atoms. The number of nitrogen functional groups attached to an aromatic ring is 2. The highest BCUT2D eigenvalue weighted by Gasteiger charge is 2.27. The van der Waals surface area contributed by atoms with Gasteiger partial charge in [-0.2, -0.15) is 19.6 Å². The number of carbonyl (C=O) groups excluding carboxylic acids is 2. The van der Waals surface area contributed by atoms with Crippen molar-refractivity contribution in [2.45, 2.75) is 79.3 Å². The number of aryl methyl sites for hydroxylation is 3. The number of anilines is 2. The van der Waals surface area contributed by atoms with E-state index in [1.165, 1.54) is 27.6 Å². The number of H-pyrrole nitrogens is 2. The number of rotatable bonds is 13. The van der Waals surface area contributed by atoms with Gasteiger partial charge in [0.2, 0.25) is 11.6 Å². The van der Waals surface area contributed by atoms with Crippen molar-refractivity contribution in [1.82, 2.24) is 29.1 Å². The molecule has 2 radical (unpaired) electrons. The summed E-state index contributed by atoms with van der Waals surface area (Å²) in [6, 6.07) is 21.2. The Hall–Kier alpha value is -7.75. The average Bonchev–Trinajstić information content (AvgIpc) is 3.26. The lowest BCUT2D eigenvalue weighted by Gasteiger charge is -2.18. The number of hydrogen-bond donors (Lipinski definition) is 4. The summed E-state index contributed by atoms with van der Waals surface area (Å²) in [5.74, 6) is -0.901. The van der Waals surface area contributed by atoms with E-state index in [0.29, 0.717) is 40.7 Å². The molecule has 0 aliphatic carbocycles. The smallest absolute Gasteiger partial charge is 0.329 e. The van der Waals surface area contributed by atoms with Gasteiger partial charge in [0.1, 0.15) is 23.0 Å². The molecule has 0 aliphatic rings. The highest BCUT2D eigenvalue weighted by Crippen LogP contribution is 2.23. The normalized spacial score (nSPS) is 10.7. The van der Waals surface area contributed by atoms with Crippen LogP contribution in [0.15, 0.2) is 98.3 Å². The van der Waals surface area contributed by atoms with E-state index in [2.05, 4.69) is 33.6 Å². The third kappa shape index (κ3) is 12.7. The van der Waals surface area contributed by atoms with Crippen LogP contribution in [0.2, 0.25) is 0 Å². The highest BCUT2D eigenvalue weighted by molar-refractivity contribution is 7.49. The van der Waals surface area contributed by atoms with Gasteiger partial charge in [-0.15, -0.1) is 0 Å². The Balaban J connectivity index is 0.000000278. The Morgan fingerprint density at radius 1 is 0.712 bits per heavy atom. The van der Waals surface area contributed by atoms with Crippen molar-refractivity contribution in [1.29, 1.82) is 10.5 Å². The van der Waals surface area contributed by atoms with Crippen molar-refractivity contribution in [3.8, 4) is 12.1 Å². The van der Waals surface area contributed by atoms with Gasteiger partial charge < -0.3 is 11.5 Å². The van der Waals surface area contributed by atoms with Gasteiger partial charge in [0.25, 0.3) is 11.1 Å². The van der Waals surface area contributed by atoms with E-state index in [0.717, 1.165) is 16.7 Å². The molecular weight excluding hydrogens is 854 g/mol. The van der Waals surface area contributed by atoms with E-state index in [9.17, 15) is 28.8 Å². The van der Waals surface area contributed by atoms with Gasteiger partial charge >= 0.3 is 11.4 Å². The summed E-state index contributed by atoms with van der Waals surface area (Å²) < 4.78 is 2.55. The van der Waals surface area contributed by atoms with Gasteiger partial charge in [-0.3, -0.25) is 38.3 Å². The maximum Gasteiger partial charge on any atom is 0.329 e. The van der Waals surface area contributed by atoms with Crippen LogP contribution in [0.25, 0.3) is 6.08 Å². The second-order valence-corrected chi connectivity index (χ2v) is 15.8. The van der Waals surface area contributed by atoms with Crippen LogP contribution >= 0.6 is 9.12 Å². The summed E-state index contributed by atoms with van der Waals surface area (Å²) in [6.07, 6.45) is 6.79. The van der Waals surface area contributed by atoms with E-state index in [1.807, 2.05) is 41.2 Å². The molecular formula is C48H50BN10O6P. The predicted molar refractivity (Wildman–Crippen MR) is 260 cm³/mol. The van der Waals surface area contributed by atoms with Crippen LogP contribution in [0.1, 0.15) is 123 Å². The quantitative estimate of drug-likeness (QED) is 0.0492. The lowest BCUT2D eigenvalue weighted by molar-refractivity contribution is 0.101. The van der Waals surface area contributed by atoms with Crippen molar-refractivity contribution in [3.63, 3.8) is 0 Å². The molecule has 4 heterocycles. The predicted octanol–water partition coefficient (Wildman–Crippen LogP) is 5.39. The van der Waals surface area contributed by atoms with Crippen molar-refractivity contribution in [3.05, 3.63) is 188 Å². The van der Waals surface area contributed by atoms with E-state index in [4.69, 9.17) is 22.0 Å². The van der Waals surface area contributed by atoms with E-state index < -0.39 is 34.1 Å². The summed E-state index contributed by atoms with van der Waals surface area (Å²) in [5, 5.41) is 17.7. The topological polar surface area (TPSA) is 269 Å². The molecule has 4 aromatic heterocycles. The molecule has 0 aliphatic heterocycles. The summed E-state index contributed by atoms with van der Waals surface area (Å²) in [6.45, 7) is 11.0. The van der Waals surface area contributed by atoms with Crippen LogP contribution in [-0.4, -0.2) is 48.2 Å². The number of aromatic nitrogens is 6. The monoisotopic (exact) mass is 904 g/mol. The molecule has 6 aromatic rings. The summed E-state index contributed by atoms with van der Waals surface area (Å²) in [7, 11) is 6.33. The molecule has 0 amide bonds. The van der Waals surface area contributed by atoms with Gasteiger partial charge in [-0.25, -0.2) is 19.6 Å². The van der Waals surface area contributed by atoms with Crippen LogP contribution in [-0.2, 0) is 19.5 Å². The molecule has 0 saturated heterocycles. The van der Waals surface area contributed by atoms with Crippen molar-refractivity contribution in [2.75, 3.05) is 11.5 Å². The number of nitrogens with zero attached hydrogens (tertiary/aromatic N) is 6. The number of ketones is 2. The Morgan fingerprint density at radius 3 is 1.59 bits per heavy atom. The number of allylic oxidation sites excluding steroid dienone is 1. The van der Waals surface area contributed by atoms with Crippen LogP contribution < -0.4 is 34.0 Å². The zero-order valence-corrected chi connectivity index (χ0v) is 38.7. The lowest BCUT2D eigenvalue weighted by Crippen LogP contribution is -2.38.